The fourth-order valence-corrected chi connectivity index (χ4v) is 2.45. The van der Waals surface area contributed by atoms with E-state index in [4.69, 9.17) is 5.11 Å². The van der Waals surface area contributed by atoms with Crippen LogP contribution in [0.4, 0.5) is 0 Å². The zero-order chi connectivity index (χ0) is 11.6. The molecule has 2 N–H and O–H groups in total. The highest BCUT2D eigenvalue weighted by atomic mass is 16.2. The Hall–Kier alpha value is -0.120. The highest BCUT2D eigenvalue weighted by Gasteiger charge is 2.15. The fraction of sp³-hybridized carbons (Fsp3) is 1.00. The first-order chi connectivity index (χ1) is 7.86. The Morgan fingerprint density at radius 1 is 1.31 bits per heavy atom. The van der Waals surface area contributed by atoms with Gasteiger partial charge in [-0.3, -0.25) is 0 Å². The highest BCUT2D eigenvalue weighted by molar-refractivity contribution is 4.72. The Labute approximate surface area is 100 Å². The Kier molecular flexibility index (Phi) is 7.81. The number of unbranched alkanes of at least 4 members (excludes halogenated alkanes) is 2. The smallest absolute Gasteiger partial charge is 0.0431 e. The molecule has 0 aromatic rings. The maximum Gasteiger partial charge on any atom is 0.0431 e. The highest BCUT2D eigenvalue weighted by Crippen LogP contribution is 2.12. The number of hydrogen-bond donors (Lipinski definition) is 2. The molecule has 1 fully saturated rings. The van der Waals surface area contributed by atoms with Crippen LogP contribution < -0.4 is 5.32 Å². The van der Waals surface area contributed by atoms with Crippen LogP contribution in [0.1, 0.15) is 39.0 Å². The van der Waals surface area contributed by atoms with Gasteiger partial charge in [-0.2, -0.15) is 0 Å². The van der Waals surface area contributed by atoms with E-state index in [0.29, 0.717) is 6.61 Å². The molecule has 0 aromatic carbocycles. The molecule has 0 bridgehead atoms. The molecule has 0 aliphatic carbocycles. The molecule has 1 aliphatic rings. The number of piperidine rings is 1. The lowest BCUT2D eigenvalue weighted by molar-refractivity contribution is 0.209. The summed E-state index contributed by atoms with van der Waals surface area (Å²) >= 11 is 0. The van der Waals surface area contributed by atoms with E-state index in [1.165, 1.54) is 45.4 Å². The van der Waals surface area contributed by atoms with Crippen LogP contribution in [-0.4, -0.2) is 49.3 Å². The number of aliphatic hydroxyl groups is 1. The van der Waals surface area contributed by atoms with Crippen molar-refractivity contribution in [3.8, 4) is 0 Å². The first-order valence-corrected chi connectivity index (χ1v) is 6.90. The summed E-state index contributed by atoms with van der Waals surface area (Å²) in [6.07, 6.45) is 6.08. The lowest BCUT2D eigenvalue weighted by Gasteiger charge is -2.29. The minimum Gasteiger partial charge on any atom is -0.396 e. The third-order valence-electron chi connectivity index (χ3n) is 3.50. The molecular weight excluding hydrogens is 200 g/mol. The molecule has 1 unspecified atom stereocenters. The summed E-state index contributed by atoms with van der Waals surface area (Å²) in [5.41, 5.74) is 0. The van der Waals surface area contributed by atoms with Crippen LogP contribution in [-0.2, 0) is 0 Å². The van der Waals surface area contributed by atoms with Gasteiger partial charge >= 0.3 is 0 Å². The van der Waals surface area contributed by atoms with Crippen molar-refractivity contribution in [1.29, 1.82) is 0 Å². The van der Waals surface area contributed by atoms with Crippen LogP contribution in [0.25, 0.3) is 0 Å². The first-order valence-electron chi connectivity index (χ1n) is 6.90. The van der Waals surface area contributed by atoms with Crippen molar-refractivity contribution < 1.29 is 5.11 Å². The number of nitrogens with zero attached hydrogens (tertiary/aromatic N) is 1. The van der Waals surface area contributed by atoms with Crippen LogP contribution in [0, 0.1) is 5.92 Å². The van der Waals surface area contributed by atoms with E-state index >= 15 is 0 Å². The molecule has 0 amide bonds. The van der Waals surface area contributed by atoms with Gasteiger partial charge in [0.25, 0.3) is 0 Å². The van der Waals surface area contributed by atoms with Gasteiger partial charge in [-0.25, -0.2) is 0 Å². The van der Waals surface area contributed by atoms with Crippen molar-refractivity contribution in [2.75, 3.05) is 39.3 Å². The van der Waals surface area contributed by atoms with E-state index in [0.717, 1.165) is 25.3 Å². The topological polar surface area (TPSA) is 35.5 Å². The zero-order valence-electron chi connectivity index (χ0n) is 10.7. The quantitative estimate of drug-likeness (QED) is 0.618. The molecule has 3 heteroatoms. The lowest BCUT2D eigenvalue weighted by atomic mass is 9.99. The van der Waals surface area contributed by atoms with Crippen LogP contribution in [0.15, 0.2) is 0 Å². The summed E-state index contributed by atoms with van der Waals surface area (Å²) in [6.45, 7) is 8.62. The van der Waals surface area contributed by atoms with E-state index in [-0.39, 0.29) is 0 Å². The lowest BCUT2D eigenvalue weighted by Crippen LogP contribution is -2.38. The van der Waals surface area contributed by atoms with Gasteiger partial charge in [-0.1, -0.05) is 6.92 Å². The van der Waals surface area contributed by atoms with Gasteiger partial charge in [0.15, 0.2) is 0 Å². The number of aliphatic hydroxyl groups excluding tert-OH is 1. The van der Waals surface area contributed by atoms with Gasteiger partial charge in [0, 0.05) is 13.2 Å². The van der Waals surface area contributed by atoms with Gasteiger partial charge in [0.05, 0.1) is 0 Å². The normalized spacial score (nSPS) is 21.6. The fourth-order valence-electron chi connectivity index (χ4n) is 2.45. The maximum atomic E-state index is 8.73. The molecule has 1 heterocycles. The van der Waals surface area contributed by atoms with Gasteiger partial charge in [-0.05, 0) is 64.2 Å². The van der Waals surface area contributed by atoms with Crippen molar-refractivity contribution in [1.82, 2.24) is 10.2 Å². The largest absolute Gasteiger partial charge is 0.396 e. The van der Waals surface area contributed by atoms with Gasteiger partial charge < -0.3 is 15.3 Å². The predicted molar refractivity (Wildman–Crippen MR) is 68.6 cm³/mol. The SMILES string of the molecule is CCN(CCCCCO)CC1CCCNC1. The van der Waals surface area contributed by atoms with E-state index in [9.17, 15) is 0 Å². The third kappa shape index (κ3) is 5.83. The molecule has 1 saturated heterocycles. The Balaban J connectivity index is 2.09. The molecule has 0 radical (unpaired) electrons. The molecule has 0 aromatic heterocycles. The Morgan fingerprint density at radius 3 is 2.81 bits per heavy atom. The molecule has 1 atom stereocenters. The van der Waals surface area contributed by atoms with Crippen molar-refractivity contribution in [3.05, 3.63) is 0 Å². The second-order valence-electron chi connectivity index (χ2n) is 4.89. The standard InChI is InChI=1S/C13H28N2O/c1-2-15(9-4-3-5-10-16)12-13-7-6-8-14-11-13/h13-14,16H,2-12H2,1H3. The van der Waals surface area contributed by atoms with Gasteiger partial charge in [0.2, 0.25) is 0 Å². The predicted octanol–water partition coefficient (Wildman–Crippen LogP) is 1.47. The number of hydrogen-bond acceptors (Lipinski definition) is 3. The van der Waals surface area contributed by atoms with E-state index in [1.807, 2.05) is 0 Å². The molecule has 3 nitrogen and oxygen atoms in total. The summed E-state index contributed by atoms with van der Waals surface area (Å²) in [5.74, 6) is 0.853. The average Bonchev–Trinajstić information content (AvgIpc) is 2.34. The van der Waals surface area contributed by atoms with Crippen LogP contribution in [0.3, 0.4) is 0 Å². The van der Waals surface area contributed by atoms with Crippen molar-refractivity contribution >= 4 is 0 Å². The number of nitrogens with one attached hydrogen (secondary N) is 1. The third-order valence-corrected chi connectivity index (χ3v) is 3.50. The average molecular weight is 228 g/mol. The van der Waals surface area contributed by atoms with Crippen LogP contribution in [0.5, 0.6) is 0 Å². The second-order valence-corrected chi connectivity index (χ2v) is 4.89. The summed E-state index contributed by atoms with van der Waals surface area (Å²) in [7, 11) is 0. The molecular formula is C13H28N2O. The zero-order valence-corrected chi connectivity index (χ0v) is 10.7. The summed E-state index contributed by atoms with van der Waals surface area (Å²) in [4.78, 5) is 2.56. The summed E-state index contributed by atoms with van der Waals surface area (Å²) in [5, 5.41) is 12.2. The minimum absolute atomic E-state index is 0.346. The monoisotopic (exact) mass is 228 g/mol. The Bertz CT molecular complexity index is 158. The van der Waals surface area contributed by atoms with Gasteiger partial charge in [0.1, 0.15) is 0 Å². The molecule has 0 saturated carbocycles. The maximum absolute atomic E-state index is 8.73. The second kappa shape index (κ2) is 8.97. The van der Waals surface area contributed by atoms with E-state index < -0.39 is 0 Å². The van der Waals surface area contributed by atoms with Crippen molar-refractivity contribution in [2.24, 2.45) is 5.92 Å². The van der Waals surface area contributed by atoms with Crippen molar-refractivity contribution in [2.45, 2.75) is 39.0 Å². The molecule has 96 valence electrons. The molecule has 0 spiro atoms. The Morgan fingerprint density at radius 2 is 2.19 bits per heavy atom. The van der Waals surface area contributed by atoms with Crippen molar-refractivity contribution in [3.63, 3.8) is 0 Å². The first kappa shape index (κ1) is 13.9. The summed E-state index contributed by atoms with van der Waals surface area (Å²) < 4.78 is 0. The van der Waals surface area contributed by atoms with Crippen LogP contribution >= 0.6 is 0 Å². The molecule has 16 heavy (non-hydrogen) atoms. The van der Waals surface area contributed by atoms with E-state index in [2.05, 4.69) is 17.1 Å². The van der Waals surface area contributed by atoms with E-state index in [1.54, 1.807) is 0 Å². The minimum atomic E-state index is 0.346. The van der Waals surface area contributed by atoms with Gasteiger partial charge in [-0.15, -0.1) is 0 Å². The van der Waals surface area contributed by atoms with Crippen LogP contribution in [0.2, 0.25) is 0 Å². The summed E-state index contributed by atoms with van der Waals surface area (Å²) in [6, 6.07) is 0. The number of rotatable bonds is 8. The molecule has 1 rings (SSSR count). The molecule has 1 aliphatic heterocycles.